The molecule has 3 aromatic rings. The molecule has 0 saturated carbocycles. The number of hydrogen-bond donors (Lipinski definition) is 0. The van der Waals surface area contributed by atoms with Gasteiger partial charge in [0, 0.05) is 16.5 Å². The van der Waals surface area contributed by atoms with Crippen LogP contribution in [-0.2, 0) is 4.74 Å². The highest BCUT2D eigenvalue weighted by atomic mass is 32.1. The number of aryl methyl sites for hydroxylation is 1. The summed E-state index contributed by atoms with van der Waals surface area (Å²) in [5.41, 5.74) is 2.75. The Balaban J connectivity index is 1.61. The molecular weight excluding hydrogens is 350 g/mol. The number of carbonyl (C=O) groups is 2. The van der Waals surface area contributed by atoms with E-state index in [0.29, 0.717) is 11.3 Å². The number of hydrogen-bond acceptors (Lipinski definition) is 6. The van der Waals surface area contributed by atoms with E-state index >= 15 is 0 Å². The predicted octanol–water partition coefficient (Wildman–Crippen LogP) is 4.17. The van der Waals surface area contributed by atoms with E-state index in [1.54, 1.807) is 36.8 Å². The number of benzene rings is 2. The Morgan fingerprint density at radius 1 is 1.04 bits per heavy atom. The largest absolute Gasteiger partial charge is 0.497 e. The predicted molar refractivity (Wildman–Crippen MR) is 99.9 cm³/mol. The van der Waals surface area contributed by atoms with E-state index in [1.165, 1.54) is 11.3 Å². The molecule has 0 aliphatic carbocycles. The molecule has 0 atom stereocenters. The number of carbonyl (C=O) groups excluding carboxylic acids is 2. The number of nitrogens with zero attached hydrogens (tertiary/aromatic N) is 1. The molecule has 26 heavy (non-hydrogen) atoms. The molecule has 1 heterocycles. The van der Waals surface area contributed by atoms with Crippen LogP contribution in [0.4, 0.5) is 0 Å². The lowest BCUT2D eigenvalue weighted by molar-refractivity contribution is 0.0470. The summed E-state index contributed by atoms with van der Waals surface area (Å²) < 4.78 is 10.1. The molecule has 0 spiro atoms. The fourth-order valence-corrected chi connectivity index (χ4v) is 3.06. The summed E-state index contributed by atoms with van der Waals surface area (Å²) in [6.45, 7) is 1.68. The maximum atomic E-state index is 12.1. The van der Waals surface area contributed by atoms with Gasteiger partial charge in [-0.05, 0) is 31.2 Å². The molecule has 6 heteroatoms. The summed E-state index contributed by atoms with van der Waals surface area (Å²) in [6, 6.07) is 14.5. The Morgan fingerprint density at radius 3 is 2.38 bits per heavy atom. The highest BCUT2D eigenvalue weighted by Gasteiger charge is 2.15. The van der Waals surface area contributed by atoms with Gasteiger partial charge in [-0.1, -0.05) is 29.8 Å². The Kier molecular flexibility index (Phi) is 5.43. The molecule has 0 N–H and O–H groups in total. The minimum absolute atomic E-state index is 0.202. The number of methoxy groups -OCH3 is 1. The van der Waals surface area contributed by atoms with Gasteiger partial charge in [-0.15, -0.1) is 11.3 Å². The van der Waals surface area contributed by atoms with Crippen molar-refractivity contribution in [2.45, 2.75) is 6.92 Å². The van der Waals surface area contributed by atoms with Crippen LogP contribution < -0.4 is 4.74 Å². The Hall–Kier alpha value is -2.99. The van der Waals surface area contributed by atoms with Crippen LogP contribution in [0.2, 0.25) is 0 Å². The minimum Gasteiger partial charge on any atom is -0.497 e. The summed E-state index contributed by atoms with van der Waals surface area (Å²) in [5, 5.41) is 2.37. The first-order valence-electron chi connectivity index (χ1n) is 7.94. The van der Waals surface area contributed by atoms with Crippen LogP contribution in [0.5, 0.6) is 5.75 Å². The average molecular weight is 367 g/mol. The summed E-state index contributed by atoms with van der Waals surface area (Å²) in [4.78, 5) is 28.5. The third-order valence-electron chi connectivity index (χ3n) is 3.76. The van der Waals surface area contributed by atoms with Crippen molar-refractivity contribution in [1.82, 2.24) is 4.98 Å². The van der Waals surface area contributed by atoms with Crippen LogP contribution in [0.25, 0.3) is 10.6 Å². The summed E-state index contributed by atoms with van der Waals surface area (Å²) in [7, 11) is 1.55. The molecule has 0 amide bonds. The first-order valence-corrected chi connectivity index (χ1v) is 8.82. The number of esters is 1. The SMILES string of the molecule is COc1ccc(C(=O)COC(=O)c2csc(-c3ccc(C)cc3)n2)cc1. The number of ether oxygens (including phenoxy) is 2. The van der Waals surface area contributed by atoms with E-state index < -0.39 is 5.97 Å². The quantitative estimate of drug-likeness (QED) is 0.483. The number of aromatic nitrogens is 1. The molecule has 0 fully saturated rings. The third-order valence-corrected chi connectivity index (χ3v) is 4.65. The molecule has 0 bridgehead atoms. The molecule has 0 saturated heterocycles. The first-order chi connectivity index (χ1) is 12.6. The number of ketones is 1. The monoisotopic (exact) mass is 367 g/mol. The summed E-state index contributed by atoms with van der Waals surface area (Å²) in [6.07, 6.45) is 0. The van der Waals surface area contributed by atoms with Crippen LogP contribution in [0.1, 0.15) is 26.4 Å². The van der Waals surface area contributed by atoms with E-state index in [0.717, 1.165) is 16.1 Å². The molecule has 3 rings (SSSR count). The molecule has 0 aliphatic rings. The highest BCUT2D eigenvalue weighted by Crippen LogP contribution is 2.24. The molecule has 0 aliphatic heterocycles. The van der Waals surface area contributed by atoms with Crippen molar-refractivity contribution in [3.8, 4) is 16.3 Å². The first kappa shape index (κ1) is 17.8. The molecule has 5 nitrogen and oxygen atoms in total. The summed E-state index contributed by atoms with van der Waals surface area (Å²) in [5.74, 6) is -0.235. The van der Waals surface area contributed by atoms with Crippen molar-refractivity contribution in [3.63, 3.8) is 0 Å². The molecule has 0 unspecified atom stereocenters. The molecule has 1 aromatic heterocycles. The topological polar surface area (TPSA) is 65.5 Å². The van der Waals surface area contributed by atoms with Crippen LogP contribution >= 0.6 is 11.3 Å². The van der Waals surface area contributed by atoms with Crippen molar-refractivity contribution < 1.29 is 19.1 Å². The van der Waals surface area contributed by atoms with Gasteiger partial charge in [-0.2, -0.15) is 0 Å². The fraction of sp³-hybridized carbons (Fsp3) is 0.150. The van der Waals surface area contributed by atoms with Crippen molar-refractivity contribution >= 4 is 23.1 Å². The summed E-state index contributed by atoms with van der Waals surface area (Å²) >= 11 is 1.36. The lowest BCUT2D eigenvalue weighted by atomic mass is 10.1. The smallest absolute Gasteiger partial charge is 0.358 e. The van der Waals surface area contributed by atoms with E-state index in [4.69, 9.17) is 9.47 Å². The lowest BCUT2D eigenvalue weighted by Gasteiger charge is -2.04. The zero-order valence-electron chi connectivity index (χ0n) is 14.4. The van der Waals surface area contributed by atoms with E-state index in [9.17, 15) is 9.59 Å². The van der Waals surface area contributed by atoms with Gasteiger partial charge >= 0.3 is 5.97 Å². The van der Waals surface area contributed by atoms with Crippen LogP contribution in [-0.4, -0.2) is 30.5 Å². The van der Waals surface area contributed by atoms with Crippen molar-refractivity contribution in [2.24, 2.45) is 0 Å². The van der Waals surface area contributed by atoms with Gasteiger partial charge in [0.05, 0.1) is 7.11 Å². The molecule has 132 valence electrons. The van der Waals surface area contributed by atoms with Gasteiger partial charge in [-0.25, -0.2) is 9.78 Å². The van der Waals surface area contributed by atoms with E-state index in [2.05, 4.69) is 4.98 Å². The second kappa shape index (κ2) is 7.93. The van der Waals surface area contributed by atoms with Crippen molar-refractivity contribution in [3.05, 3.63) is 70.7 Å². The Labute approximate surface area is 155 Å². The zero-order chi connectivity index (χ0) is 18.5. The average Bonchev–Trinajstić information content (AvgIpc) is 3.16. The Bertz CT molecular complexity index is 914. The maximum Gasteiger partial charge on any atom is 0.358 e. The number of Topliss-reactive ketones (excluding diaryl/α,β-unsaturated/α-hetero) is 1. The van der Waals surface area contributed by atoms with Crippen molar-refractivity contribution in [1.29, 1.82) is 0 Å². The van der Waals surface area contributed by atoms with E-state index in [-0.39, 0.29) is 18.1 Å². The number of thiazole rings is 1. The maximum absolute atomic E-state index is 12.1. The van der Waals surface area contributed by atoms with E-state index in [1.807, 2.05) is 31.2 Å². The second-order valence-corrected chi connectivity index (χ2v) is 6.49. The van der Waals surface area contributed by atoms with Gasteiger partial charge in [0.2, 0.25) is 0 Å². The highest BCUT2D eigenvalue weighted by molar-refractivity contribution is 7.13. The minimum atomic E-state index is -0.610. The van der Waals surface area contributed by atoms with Crippen LogP contribution in [0, 0.1) is 6.92 Å². The molecule has 2 aromatic carbocycles. The zero-order valence-corrected chi connectivity index (χ0v) is 15.2. The molecular formula is C20H17NO4S. The third kappa shape index (κ3) is 4.15. The normalized spacial score (nSPS) is 10.4. The van der Waals surface area contributed by atoms with Gasteiger partial charge < -0.3 is 9.47 Å². The molecule has 0 radical (unpaired) electrons. The van der Waals surface area contributed by atoms with Crippen molar-refractivity contribution in [2.75, 3.05) is 13.7 Å². The Morgan fingerprint density at radius 2 is 1.73 bits per heavy atom. The second-order valence-electron chi connectivity index (χ2n) is 5.63. The van der Waals surface area contributed by atoms with Crippen LogP contribution in [0.15, 0.2) is 53.9 Å². The fourth-order valence-electron chi connectivity index (χ4n) is 2.26. The lowest BCUT2D eigenvalue weighted by Crippen LogP contribution is -2.14. The number of rotatable bonds is 6. The van der Waals surface area contributed by atoms with Gasteiger partial charge in [-0.3, -0.25) is 4.79 Å². The van der Waals surface area contributed by atoms with Gasteiger partial charge in [0.25, 0.3) is 0 Å². The van der Waals surface area contributed by atoms with Gasteiger partial charge in [0.15, 0.2) is 18.1 Å². The standard InChI is InChI=1S/C20H17NO4S/c1-13-3-5-15(6-4-13)19-21-17(12-26-19)20(23)25-11-18(22)14-7-9-16(24-2)10-8-14/h3-10,12H,11H2,1-2H3. The van der Waals surface area contributed by atoms with Crippen LogP contribution in [0.3, 0.4) is 0 Å². The van der Waals surface area contributed by atoms with Gasteiger partial charge in [0.1, 0.15) is 10.8 Å².